The van der Waals surface area contributed by atoms with Crippen LogP contribution in [0.3, 0.4) is 0 Å². The molecule has 4 aliphatic rings. The van der Waals surface area contributed by atoms with Crippen LogP contribution in [0, 0.1) is 34.0 Å². The van der Waals surface area contributed by atoms with Crippen LogP contribution in [0.15, 0.2) is 25.3 Å². The molecular formula is C34H54O8S7. The Bertz CT molecular complexity index is 1370. The van der Waals surface area contributed by atoms with E-state index in [1.807, 2.05) is 27.7 Å². The van der Waals surface area contributed by atoms with Gasteiger partial charge in [0.1, 0.15) is 23.1 Å². The van der Waals surface area contributed by atoms with Gasteiger partial charge in [-0.2, -0.15) is 0 Å². The van der Waals surface area contributed by atoms with Crippen LogP contribution >= 0.6 is 0 Å². The molecule has 2 heterocycles. The summed E-state index contributed by atoms with van der Waals surface area (Å²) in [6.07, 6.45) is 7.74. The number of rotatable bonds is 10. The second-order valence-electron chi connectivity index (χ2n) is 13.4. The molecule has 1 unspecified atom stereocenters. The molecule has 280 valence electrons. The van der Waals surface area contributed by atoms with Crippen molar-refractivity contribution in [1.82, 2.24) is 0 Å². The summed E-state index contributed by atoms with van der Waals surface area (Å²) in [5.74, 6) is -0.0670. The van der Waals surface area contributed by atoms with Crippen molar-refractivity contribution in [2.75, 3.05) is 26.4 Å². The highest BCUT2D eigenvalue weighted by Gasteiger charge is 2.50. The van der Waals surface area contributed by atoms with E-state index in [0.29, 0.717) is 39.3 Å². The molecule has 0 spiro atoms. The van der Waals surface area contributed by atoms with Crippen LogP contribution in [0.25, 0.3) is 0 Å². The highest BCUT2D eigenvalue weighted by Crippen LogP contribution is 2.43. The third-order valence-electron chi connectivity index (χ3n) is 9.99. The van der Waals surface area contributed by atoms with Crippen LogP contribution < -0.4 is 0 Å². The maximum absolute atomic E-state index is 12.9. The van der Waals surface area contributed by atoms with Gasteiger partial charge in [-0.3, -0.25) is 19.2 Å². The smallest absolute Gasteiger partial charge is 0.166 e. The molecule has 15 heteroatoms. The topological polar surface area (TPSA) is 105 Å². The van der Waals surface area contributed by atoms with Crippen molar-refractivity contribution in [3.63, 3.8) is 0 Å². The van der Waals surface area contributed by atoms with E-state index in [0.717, 1.165) is 25.7 Å². The van der Waals surface area contributed by atoms with Gasteiger partial charge in [0.15, 0.2) is 12.6 Å². The van der Waals surface area contributed by atoms with E-state index in [1.165, 1.54) is 17.8 Å². The highest BCUT2D eigenvalue weighted by atomic mass is 33.4. The van der Waals surface area contributed by atoms with Gasteiger partial charge in [0, 0.05) is 103 Å². The molecule has 0 aromatic carbocycles. The first-order valence-corrected chi connectivity index (χ1v) is 24.2. The van der Waals surface area contributed by atoms with Crippen molar-refractivity contribution >= 4 is 89.9 Å². The van der Waals surface area contributed by atoms with Crippen molar-refractivity contribution in [3.05, 3.63) is 25.3 Å². The van der Waals surface area contributed by atoms with E-state index in [1.54, 1.807) is 45.7 Å². The molecule has 4 fully saturated rings. The van der Waals surface area contributed by atoms with Crippen molar-refractivity contribution in [2.45, 2.75) is 106 Å². The van der Waals surface area contributed by atoms with E-state index >= 15 is 0 Å². The monoisotopic (exact) mass is 814 g/mol. The minimum atomic E-state index is -0.874. The summed E-state index contributed by atoms with van der Waals surface area (Å²) in [6.45, 7) is 19.4. The molecule has 0 aromatic heterocycles. The van der Waals surface area contributed by atoms with Gasteiger partial charge in [0.25, 0.3) is 0 Å². The molecule has 4 rings (SSSR count). The molecule has 0 amide bonds. The van der Waals surface area contributed by atoms with Gasteiger partial charge in [-0.1, -0.05) is 47.3 Å². The predicted octanol–water partition coefficient (Wildman–Crippen LogP) is 6.04. The molecule has 8 nitrogen and oxygen atoms in total. The molecule has 2 saturated heterocycles. The van der Waals surface area contributed by atoms with Gasteiger partial charge in [-0.05, 0) is 44.4 Å². The van der Waals surface area contributed by atoms with Crippen LogP contribution in [-0.2, 0) is 105 Å². The van der Waals surface area contributed by atoms with Gasteiger partial charge in [0.2, 0.25) is 0 Å². The normalized spacial score (nSPS) is 28.0. The second-order valence-corrected chi connectivity index (χ2v) is 22.2. The fraction of sp³-hybridized carbons (Fsp3) is 0.765. The van der Waals surface area contributed by atoms with E-state index in [2.05, 4.69) is 35.5 Å². The average molecular weight is 815 g/mol. The molecular weight excluding hydrogens is 761 g/mol. The first kappa shape index (κ1) is 46.6. The predicted molar refractivity (Wildman–Crippen MR) is 213 cm³/mol. The first-order valence-electron chi connectivity index (χ1n) is 16.2. The molecule has 2 aliphatic heterocycles. The Morgan fingerprint density at radius 2 is 1.31 bits per heavy atom. The Balaban J connectivity index is 0.000000405. The lowest BCUT2D eigenvalue weighted by molar-refractivity contribution is -0.152. The van der Waals surface area contributed by atoms with Crippen molar-refractivity contribution in [3.8, 4) is 0 Å². The molecule has 0 aromatic rings. The van der Waals surface area contributed by atoms with Crippen molar-refractivity contribution < 1.29 is 38.1 Å². The number of hydrogen-bond acceptors (Lipinski definition) is 10. The summed E-state index contributed by atoms with van der Waals surface area (Å²) in [6, 6.07) is 0. The number of carbonyl (C=O) groups is 4. The summed E-state index contributed by atoms with van der Waals surface area (Å²) in [7, 11) is 7.36. The zero-order chi connectivity index (χ0) is 36.0. The Morgan fingerprint density at radius 1 is 0.837 bits per heavy atom. The third-order valence-corrected chi connectivity index (χ3v) is 18.9. The summed E-state index contributed by atoms with van der Waals surface area (Å²) in [5.41, 5.74) is -2.03. The summed E-state index contributed by atoms with van der Waals surface area (Å²) >= 11 is 9.14. The van der Waals surface area contributed by atoms with Crippen LogP contribution in [-0.4, -0.2) is 62.1 Å². The number of carbonyl (C=O) groups excluding carboxylic acids is 4. The van der Waals surface area contributed by atoms with Gasteiger partial charge in [-0.15, -0.1) is 13.2 Å². The average Bonchev–Trinajstić information content (AvgIpc) is 3.81. The number of Topliss-reactive ketones (excluding diaryl/α,β-unsaturated/α-hetero) is 4. The van der Waals surface area contributed by atoms with E-state index in [4.69, 9.17) is 18.9 Å². The van der Waals surface area contributed by atoms with Crippen LogP contribution in [0.2, 0.25) is 0 Å². The highest BCUT2D eigenvalue weighted by molar-refractivity contribution is 8.68. The first-order chi connectivity index (χ1) is 22.7. The Labute approximate surface area is 317 Å². The van der Waals surface area contributed by atoms with Gasteiger partial charge >= 0.3 is 0 Å². The van der Waals surface area contributed by atoms with Crippen LogP contribution in [0.1, 0.15) is 93.4 Å². The van der Waals surface area contributed by atoms with E-state index in [-0.39, 0.29) is 55.2 Å². The third kappa shape index (κ3) is 12.9. The second kappa shape index (κ2) is 22.6. The Hall–Kier alpha value is -0.460. The lowest BCUT2D eigenvalue weighted by atomic mass is 9.62. The maximum Gasteiger partial charge on any atom is 0.166 e. The Morgan fingerprint density at radius 3 is 1.73 bits per heavy atom. The maximum atomic E-state index is 12.9. The largest absolute Gasteiger partial charge is 0.349 e. The van der Waals surface area contributed by atoms with Gasteiger partial charge < -0.3 is 18.9 Å². The Kier molecular flexibility index (Phi) is 21.4. The quantitative estimate of drug-likeness (QED) is 0.192. The summed E-state index contributed by atoms with van der Waals surface area (Å²) in [5, 5.41) is 0. The lowest BCUT2D eigenvalue weighted by Gasteiger charge is -2.39. The standard InChI is InChI=1S/C17H26O4.C16H24O4.CH4.S7/c1-5-16(3,15-20-9-10-21-15)11-14(19)17(4)12(2)7-6-8-13(17)18;1-4-16(3,15-19-8-9-20-15)10-13(18)14-11(2)6-5-7-12(14)17;;1-3-5-7-6-4-2/h5,12,15H,1,6-11H2,2-4H3;4,11,14-15H,1,5-10H2,2-3H3;1H4;/t12-,16-,17-;11-,14?,16-;;/m11../s1. The number of ether oxygens (including phenoxy) is 4. The van der Waals surface area contributed by atoms with Gasteiger partial charge in [-0.25, -0.2) is 0 Å². The fourth-order valence-corrected chi connectivity index (χ4v) is 14.8. The molecule has 0 radical (unpaired) electrons. The van der Waals surface area contributed by atoms with Gasteiger partial charge in [0.05, 0.1) is 37.8 Å². The number of hydrogen-bond donors (Lipinski definition) is 0. The van der Waals surface area contributed by atoms with Crippen molar-refractivity contribution in [2.24, 2.45) is 34.0 Å². The van der Waals surface area contributed by atoms with E-state index in [9.17, 15) is 19.2 Å². The summed E-state index contributed by atoms with van der Waals surface area (Å²) in [4.78, 5) is 49.8. The van der Waals surface area contributed by atoms with Crippen molar-refractivity contribution in [1.29, 1.82) is 0 Å². The minimum absolute atomic E-state index is 0. The zero-order valence-electron chi connectivity index (χ0n) is 28.6. The molecule has 49 heavy (non-hydrogen) atoms. The lowest BCUT2D eigenvalue weighted by Crippen LogP contribution is -2.47. The fourth-order valence-electron chi connectivity index (χ4n) is 6.59. The number of ketones is 4. The van der Waals surface area contributed by atoms with Crippen LogP contribution in [0.4, 0.5) is 0 Å². The molecule has 2 saturated carbocycles. The van der Waals surface area contributed by atoms with Crippen LogP contribution in [0.5, 0.6) is 0 Å². The zero-order valence-corrected chi connectivity index (χ0v) is 34.3. The minimum Gasteiger partial charge on any atom is -0.349 e. The molecule has 0 N–H and O–H groups in total. The molecule has 6 atom stereocenters. The molecule has 2 aliphatic carbocycles. The van der Waals surface area contributed by atoms with E-state index < -0.39 is 34.7 Å². The molecule has 0 bridgehead atoms. The SMILES string of the molecule is C.C=C[C@](C)(CC(=O)C1C(=O)CCC[C@H]1C)C1OCCO1.C=C[C@](C)(CC(=O)[C@@]1(C)C(=O)CCC[C@H]1C)C1OCCO1.S=S=S=S=S=S=S. The summed E-state index contributed by atoms with van der Waals surface area (Å²) < 4.78 is 22.1.